The molecular weight excluding hydrogens is 417 g/mol. The molecule has 6 heteroatoms. The maximum atomic E-state index is 5.81. The highest BCUT2D eigenvalue weighted by atomic mass is 127. The lowest BCUT2D eigenvalue weighted by atomic mass is 9.93. The minimum atomic E-state index is 0. The maximum Gasteiger partial charge on any atom is 0.193 e. The number of nitrogens with zero attached hydrogens (tertiary/aromatic N) is 2. The minimum absolute atomic E-state index is 0. The molecule has 0 amide bonds. The lowest BCUT2D eigenvalue weighted by Crippen LogP contribution is -2.40. The topological polar surface area (TPSA) is 46.1 Å². The second-order valence-electron chi connectivity index (χ2n) is 7.56. The monoisotopic (exact) mass is 453 g/mol. The Morgan fingerprint density at radius 1 is 1.33 bits per heavy atom. The van der Waals surface area contributed by atoms with Crippen molar-refractivity contribution >= 4 is 29.9 Å². The standard InChI is InChI=1S/C18H35N3O2.HI/c1-4-19-17(21-10-8-18(2,3)15-21)20-9-5-11-23-14-16-6-12-22-13-7-16;/h16H,4-15H2,1-3H3,(H,19,20);1H. The Balaban J connectivity index is 0.00000288. The van der Waals surface area contributed by atoms with E-state index in [0.29, 0.717) is 11.3 Å². The molecule has 2 heterocycles. The number of halogens is 1. The quantitative estimate of drug-likeness (QED) is 0.279. The van der Waals surface area contributed by atoms with Gasteiger partial charge in [0.25, 0.3) is 0 Å². The van der Waals surface area contributed by atoms with Gasteiger partial charge in [0.15, 0.2) is 5.96 Å². The van der Waals surface area contributed by atoms with Crippen molar-refractivity contribution in [3.05, 3.63) is 0 Å². The summed E-state index contributed by atoms with van der Waals surface area (Å²) in [4.78, 5) is 7.17. The third-order valence-electron chi connectivity index (χ3n) is 4.71. The third kappa shape index (κ3) is 7.87. The largest absolute Gasteiger partial charge is 0.381 e. The Labute approximate surface area is 165 Å². The van der Waals surface area contributed by atoms with Gasteiger partial charge in [0.05, 0.1) is 0 Å². The zero-order chi connectivity index (χ0) is 16.5. The van der Waals surface area contributed by atoms with Crippen molar-refractivity contribution in [3.63, 3.8) is 0 Å². The highest BCUT2D eigenvalue weighted by Crippen LogP contribution is 2.28. The van der Waals surface area contributed by atoms with Gasteiger partial charge < -0.3 is 19.7 Å². The lowest BCUT2D eigenvalue weighted by molar-refractivity contribution is 0.0205. The van der Waals surface area contributed by atoms with Crippen LogP contribution in [0.3, 0.4) is 0 Å². The van der Waals surface area contributed by atoms with Crippen molar-refractivity contribution in [2.45, 2.75) is 46.5 Å². The van der Waals surface area contributed by atoms with E-state index in [1.54, 1.807) is 0 Å². The van der Waals surface area contributed by atoms with Crippen LogP contribution in [0, 0.1) is 11.3 Å². The summed E-state index contributed by atoms with van der Waals surface area (Å²) < 4.78 is 11.2. The molecule has 2 rings (SSSR count). The molecule has 0 aromatic heterocycles. The molecule has 0 aromatic carbocycles. The van der Waals surface area contributed by atoms with Crippen molar-refractivity contribution in [2.75, 3.05) is 52.6 Å². The molecule has 0 saturated carbocycles. The third-order valence-corrected chi connectivity index (χ3v) is 4.71. The number of aliphatic imine (C=N–C) groups is 1. The van der Waals surface area contributed by atoms with Gasteiger partial charge in [-0.3, -0.25) is 4.99 Å². The highest BCUT2D eigenvalue weighted by Gasteiger charge is 2.30. The molecule has 142 valence electrons. The van der Waals surface area contributed by atoms with Crippen molar-refractivity contribution in [1.82, 2.24) is 10.2 Å². The summed E-state index contributed by atoms with van der Waals surface area (Å²) in [6.07, 6.45) is 4.53. The first-order chi connectivity index (χ1) is 11.1. The lowest BCUT2D eigenvalue weighted by Gasteiger charge is -2.23. The SMILES string of the molecule is CCNC(=NCCCOCC1CCOCC1)N1CCC(C)(C)C1.I. The van der Waals surface area contributed by atoms with Crippen LogP contribution in [0.1, 0.15) is 46.5 Å². The molecule has 0 bridgehead atoms. The van der Waals surface area contributed by atoms with Crippen LogP contribution in [0.4, 0.5) is 0 Å². The van der Waals surface area contributed by atoms with Crippen LogP contribution in [0.15, 0.2) is 4.99 Å². The molecule has 2 aliphatic heterocycles. The summed E-state index contributed by atoms with van der Waals surface area (Å²) in [6, 6.07) is 0. The van der Waals surface area contributed by atoms with Crippen molar-refractivity contribution < 1.29 is 9.47 Å². The molecule has 2 saturated heterocycles. The van der Waals surface area contributed by atoms with Gasteiger partial charge >= 0.3 is 0 Å². The van der Waals surface area contributed by atoms with Crippen LogP contribution in [0.5, 0.6) is 0 Å². The summed E-state index contributed by atoms with van der Waals surface area (Å²) in [5.74, 6) is 1.76. The van der Waals surface area contributed by atoms with Gasteiger partial charge in [-0.1, -0.05) is 13.8 Å². The summed E-state index contributed by atoms with van der Waals surface area (Å²) in [6.45, 7) is 14.3. The molecule has 0 spiro atoms. The average molecular weight is 453 g/mol. The van der Waals surface area contributed by atoms with Crippen LogP contribution < -0.4 is 5.32 Å². The van der Waals surface area contributed by atoms with Crippen LogP contribution in [0.2, 0.25) is 0 Å². The van der Waals surface area contributed by atoms with Crippen molar-refractivity contribution in [1.29, 1.82) is 0 Å². The summed E-state index contributed by atoms with van der Waals surface area (Å²) in [5.41, 5.74) is 0.406. The molecule has 0 unspecified atom stereocenters. The van der Waals surface area contributed by atoms with E-state index in [2.05, 4.69) is 31.0 Å². The number of ether oxygens (including phenoxy) is 2. The van der Waals surface area contributed by atoms with Crippen LogP contribution in [0.25, 0.3) is 0 Å². The molecule has 0 aliphatic carbocycles. The van der Waals surface area contributed by atoms with E-state index in [0.717, 1.165) is 77.8 Å². The predicted octanol–water partition coefficient (Wildman–Crippen LogP) is 3.14. The van der Waals surface area contributed by atoms with Gasteiger partial charge in [0.2, 0.25) is 0 Å². The number of hydrogen-bond acceptors (Lipinski definition) is 3. The van der Waals surface area contributed by atoms with E-state index >= 15 is 0 Å². The van der Waals surface area contributed by atoms with Crippen molar-refractivity contribution in [3.8, 4) is 0 Å². The Kier molecular flexibility index (Phi) is 10.5. The number of guanidine groups is 1. The zero-order valence-corrected chi connectivity index (χ0v) is 18.0. The Bertz CT molecular complexity index is 371. The zero-order valence-electron chi connectivity index (χ0n) is 15.7. The fourth-order valence-electron chi connectivity index (χ4n) is 3.23. The first-order valence-corrected chi connectivity index (χ1v) is 9.29. The normalized spacial score (nSPS) is 21.6. The van der Waals surface area contributed by atoms with E-state index in [1.807, 2.05) is 0 Å². The molecule has 5 nitrogen and oxygen atoms in total. The van der Waals surface area contributed by atoms with Gasteiger partial charge in [0.1, 0.15) is 0 Å². The number of hydrogen-bond donors (Lipinski definition) is 1. The first kappa shape index (κ1) is 22.0. The molecule has 2 fully saturated rings. The molecular formula is C18H36IN3O2. The van der Waals surface area contributed by atoms with E-state index in [9.17, 15) is 0 Å². The molecule has 0 atom stereocenters. The fraction of sp³-hybridized carbons (Fsp3) is 0.944. The van der Waals surface area contributed by atoms with Crippen LogP contribution in [-0.4, -0.2) is 63.5 Å². The molecule has 1 N–H and O–H groups in total. The summed E-state index contributed by atoms with van der Waals surface area (Å²) >= 11 is 0. The van der Waals surface area contributed by atoms with Gasteiger partial charge in [-0.15, -0.1) is 24.0 Å². The smallest absolute Gasteiger partial charge is 0.193 e. The second kappa shape index (κ2) is 11.5. The van der Waals surface area contributed by atoms with Gasteiger partial charge in [-0.05, 0) is 43.9 Å². The number of rotatable bonds is 7. The first-order valence-electron chi connectivity index (χ1n) is 9.29. The van der Waals surface area contributed by atoms with E-state index < -0.39 is 0 Å². The number of nitrogens with one attached hydrogen (secondary N) is 1. The summed E-state index contributed by atoms with van der Waals surface area (Å²) in [5, 5.41) is 3.43. The summed E-state index contributed by atoms with van der Waals surface area (Å²) in [7, 11) is 0. The fourth-order valence-corrected chi connectivity index (χ4v) is 3.23. The maximum absolute atomic E-state index is 5.81. The van der Waals surface area contributed by atoms with E-state index in [-0.39, 0.29) is 24.0 Å². The minimum Gasteiger partial charge on any atom is -0.381 e. The number of likely N-dealkylation sites (tertiary alicyclic amines) is 1. The van der Waals surface area contributed by atoms with Crippen LogP contribution >= 0.6 is 24.0 Å². The van der Waals surface area contributed by atoms with Gasteiger partial charge in [-0.25, -0.2) is 0 Å². The Hall–Kier alpha value is -0.0800. The molecule has 24 heavy (non-hydrogen) atoms. The molecule has 2 aliphatic rings. The Morgan fingerprint density at radius 3 is 2.71 bits per heavy atom. The van der Waals surface area contributed by atoms with E-state index in [1.165, 1.54) is 6.42 Å². The average Bonchev–Trinajstić information content (AvgIpc) is 2.90. The second-order valence-corrected chi connectivity index (χ2v) is 7.56. The van der Waals surface area contributed by atoms with Gasteiger partial charge in [0, 0.05) is 52.6 Å². The Morgan fingerprint density at radius 2 is 2.08 bits per heavy atom. The van der Waals surface area contributed by atoms with Crippen LogP contribution in [-0.2, 0) is 9.47 Å². The molecule has 0 aromatic rings. The predicted molar refractivity (Wildman–Crippen MR) is 110 cm³/mol. The van der Waals surface area contributed by atoms with E-state index in [4.69, 9.17) is 14.5 Å². The van der Waals surface area contributed by atoms with Gasteiger partial charge in [-0.2, -0.15) is 0 Å². The molecule has 0 radical (unpaired) electrons. The van der Waals surface area contributed by atoms with Crippen molar-refractivity contribution in [2.24, 2.45) is 16.3 Å². The highest BCUT2D eigenvalue weighted by molar-refractivity contribution is 14.0.